The van der Waals surface area contributed by atoms with Crippen LogP contribution < -0.4 is 10.6 Å². The lowest BCUT2D eigenvalue weighted by atomic mass is 9.93. The van der Waals surface area contributed by atoms with Crippen LogP contribution in [0.4, 0.5) is 5.69 Å². The van der Waals surface area contributed by atoms with E-state index in [4.69, 9.17) is 0 Å². The monoisotopic (exact) mass is 397 g/mol. The Balaban J connectivity index is 1.40. The molecule has 0 unspecified atom stereocenters. The highest BCUT2D eigenvalue weighted by molar-refractivity contribution is 6.00. The van der Waals surface area contributed by atoms with Gasteiger partial charge in [-0.25, -0.2) is 9.89 Å². The van der Waals surface area contributed by atoms with Crippen molar-refractivity contribution < 1.29 is 9.59 Å². The van der Waals surface area contributed by atoms with Crippen LogP contribution in [0.5, 0.6) is 0 Å². The largest absolute Gasteiger partial charge is 0.343 e. The molecule has 0 bridgehead atoms. The van der Waals surface area contributed by atoms with Gasteiger partial charge in [-0.2, -0.15) is 5.10 Å². The average Bonchev–Trinajstić information content (AvgIpc) is 3.30. The van der Waals surface area contributed by atoms with Gasteiger partial charge in [0.1, 0.15) is 5.82 Å². The van der Waals surface area contributed by atoms with Gasteiger partial charge in [-0.1, -0.05) is 18.2 Å². The number of piperidine rings is 1. The number of carbonyl (C=O) groups is 2. The molecule has 154 valence electrons. The first kappa shape index (κ1) is 19.4. The smallest absolute Gasteiger partial charge is 0.342 e. The second-order valence-corrected chi connectivity index (χ2v) is 7.93. The molecule has 2 aliphatic heterocycles. The summed E-state index contributed by atoms with van der Waals surface area (Å²) >= 11 is 0. The SMILES string of the molecule is CCn1c(C[C@H]2CCCN(C(=O)[C@H]3CC(=O)N(c4ccccc4)C3)C2)n[nH]c1=O. The topological polar surface area (TPSA) is 91.3 Å². The van der Waals surface area contributed by atoms with Crippen molar-refractivity contribution in [3.05, 3.63) is 46.6 Å². The Labute approximate surface area is 169 Å². The van der Waals surface area contributed by atoms with Gasteiger partial charge >= 0.3 is 5.69 Å². The first-order valence-corrected chi connectivity index (χ1v) is 10.3. The van der Waals surface area contributed by atoms with E-state index in [1.165, 1.54) is 0 Å². The van der Waals surface area contributed by atoms with E-state index in [1.807, 2.05) is 42.2 Å². The summed E-state index contributed by atoms with van der Waals surface area (Å²) in [7, 11) is 0. The number of H-pyrrole nitrogens is 1. The number of carbonyl (C=O) groups excluding carboxylic acids is 2. The molecule has 8 nitrogen and oxygen atoms in total. The molecule has 2 saturated heterocycles. The number of rotatable bonds is 5. The molecule has 3 heterocycles. The molecular formula is C21H27N5O3. The van der Waals surface area contributed by atoms with E-state index >= 15 is 0 Å². The minimum Gasteiger partial charge on any atom is -0.342 e. The molecule has 8 heteroatoms. The normalized spacial score (nSPS) is 22.3. The molecule has 0 spiro atoms. The fraction of sp³-hybridized carbons (Fsp3) is 0.524. The average molecular weight is 397 g/mol. The van der Waals surface area contributed by atoms with E-state index in [0.717, 1.165) is 30.9 Å². The van der Waals surface area contributed by atoms with E-state index < -0.39 is 0 Å². The van der Waals surface area contributed by atoms with Crippen LogP contribution in [-0.4, -0.2) is 51.1 Å². The number of nitrogens with zero attached hydrogens (tertiary/aromatic N) is 4. The molecule has 4 rings (SSSR count). The van der Waals surface area contributed by atoms with Crippen molar-refractivity contribution in [1.29, 1.82) is 0 Å². The summed E-state index contributed by atoms with van der Waals surface area (Å²) in [5.41, 5.74) is 0.664. The van der Waals surface area contributed by atoms with Crippen molar-refractivity contribution >= 4 is 17.5 Å². The van der Waals surface area contributed by atoms with E-state index in [1.54, 1.807) is 9.47 Å². The first-order chi connectivity index (χ1) is 14.1. The van der Waals surface area contributed by atoms with Gasteiger partial charge < -0.3 is 9.80 Å². The lowest BCUT2D eigenvalue weighted by Crippen LogP contribution is -2.44. The minimum absolute atomic E-state index is 0.00611. The summed E-state index contributed by atoms with van der Waals surface area (Å²) in [4.78, 5) is 41.0. The Morgan fingerprint density at radius 3 is 2.76 bits per heavy atom. The number of para-hydroxylation sites is 1. The number of anilines is 1. The maximum atomic E-state index is 13.1. The standard InChI is InChI=1S/C21H27N5O3/c1-2-25-18(22-23-21(25)29)11-15-7-6-10-24(13-15)20(28)16-12-19(27)26(14-16)17-8-4-3-5-9-17/h3-5,8-9,15-16H,2,6-7,10-14H2,1H3,(H,23,29)/t15-,16+/m1/s1. The van der Waals surface area contributed by atoms with Crippen molar-refractivity contribution in [2.75, 3.05) is 24.5 Å². The highest BCUT2D eigenvalue weighted by Gasteiger charge is 2.38. The quantitative estimate of drug-likeness (QED) is 0.826. The summed E-state index contributed by atoms with van der Waals surface area (Å²) < 4.78 is 1.65. The zero-order chi connectivity index (χ0) is 20.4. The number of hydrogen-bond acceptors (Lipinski definition) is 4. The molecule has 2 amide bonds. The molecule has 2 atom stereocenters. The predicted octanol–water partition coefficient (Wildman–Crippen LogP) is 1.43. The molecule has 0 saturated carbocycles. The van der Waals surface area contributed by atoms with Gasteiger partial charge in [0.15, 0.2) is 0 Å². The van der Waals surface area contributed by atoms with E-state index in [2.05, 4.69) is 10.2 Å². The fourth-order valence-corrected chi connectivity index (χ4v) is 4.51. The number of nitrogens with one attached hydrogen (secondary N) is 1. The van der Waals surface area contributed by atoms with Crippen LogP contribution in [-0.2, 0) is 22.6 Å². The molecule has 1 aromatic heterocycles. The molecule has 29 heavy (non-hydrogen) atoms. The van der Waals surface area contributed by atoms with Crippen molar-refractivity contribution in [1.82, 2.24) is 19.7 Å². The summed E-state index contributed by atoms with van der Waals surface area (Å²) in [6.07, 6.45) is 2.88. The third-order valence-corrected chi connectivity index (χ3v) is 6.00. The third kappa shape index (κ3) is 3.97. The van der Waals surface area contributed by atoms with Crippen LogP contribution >= 0.6 is 0 Å². The van der Waals surface area contributed by atoms with E-state index in [9.17, 15) is 14.4 Å². The Kier molecular flexibility index (Phi) is 5.51. The maximum absolute atomic E-state index is 13.1. The van der Waals surface area contributed by atoms with Crippen molar-refractivity contribution in [3.8, 4) is 0 Å². The molecule has 2 aliphatic rings. The van der Waals surface area contributed by atoms with Crippen LogP contribution in [0.3, 0.4) is 0 Å². The molecule has 1 aromatic carbocycles. The number of aromatic amines is 1. The van der Waals surface area contributed by atoms with Gasteiger partial charge in [0, 0.05) is 44.7 Å². The second kappa shape index (κ2) is 8.23. The summed E-state index contributed by atoms with van der Waals surface area (Å²) in [6, 6.07) is 9.52. The Morgan fingerprint density at radius 1 is 1.21 bits per heavy atom. The fourth-order valence-electron chi connectivity index (χ4n) is 4.51. The highest BCUT2D eigenvalue weighted by Crippen LogP contribution is 2.28. The van der Waals surface area contributed by atoms with Crippen molar-refractivity contribution in [3.63, 3.8) is 0 Å². The first-order valence-electron chi connectivity index (χ1n) is 10.3. The zero-order valence-corrected chi connectivity index (χ0v) is 16.7. The number of aromatic nitrogens is 3. The third-order valence-electron chi connectivity index (χ3n) is 6.00. The van der Waals surface area contributed by atoms with Crippen molar-refractivity contribution in [2.24, 2.45) is 11.8 Å². The summed E-state index contributed by atoms with van der Waals surface area (Å²) in [6.45, 7) is 4.33. The molecule has 0 aliphatic carbocycles. The lowest BCUT2D eigenvalue weighted by Gasteiger charge is -2.34. The Bertz CT molecular complexity index is 935. The molecule has 2 fully saturated rings. The van der Waals surface area contributed by atoms with Gasteiger partial charge in [-0.15, -0.1) is 0 Å². The van der Waals surface area contributed by atoms with Crippen LogP contribution in [0.15, 0.2) is 35.1 Å². The Hall–Kier alpha value is -2.90. The summed E-state index contributed by atoms with van der Waals surface area (Å²) in [5, 5.41) is 6.67. The van der Waals surface area contributed by atoms with Crippen LogP contribution in [0.1, 0.15) is 32.0 Å². The number of benzene rings is 1. The van der Waals surface area contributed by atoms with Gasteiger partial charge in [-0.05, 0) is 37.8 Å². The van der Waals surface area contributed by atoms with Gasteiger partial charge in [0.25, 0.3) is 0 Å². The summed E-state index contributed by atoms with van der Waals surface area (Å²) in [5.74, 6) is 0.808. The van der Waals surface area contributed by atoms with Gasteiger partial charge in [0.05, 0.1) is 5.92 Å². The van der Waals surface area contributed by atoms with Crippen LogP contribution in [0, 0.1) is 11.8 Å². The Morgan fingerprint density at radius 2 is 2.00 bits per heavy atom. The minimum atomic E-state index is -0.291. The van der Waals surface area contributed by atoms with Gasteiger partial charge in [-0.3, -0.25) is 14.2 Å². The molecule has 2 aromatic rings. The van der Waals surface area contributed by atoms with E-state index in [0.29, 0.717) is 26.1 Å². The number of amides is 2. The molecule has 0 radical (unpaired) electrons. The highest BCUT2D eigenvalue weighted by atomic mass is 16.2. The van der Waals surface area contributed by atoms with Crippen LogP contribution in [0.25, 0.3) is 0 Å². The molecular weight excluding hydrogens is 370 g/mol. The number of hydrogen-bond donors (Lipinski definition) is 1. The van der Waals surface area contributed by atoms with E-state index in [-0.39, 0.29) is 35.8 Å². The van der Waals surface area contributed by atoms with Crippen LogP contribution in [0.2, 0.25) is 0 Å². The lowest BCUT2D eigenvalue weighted by molar-refractivity contribution is -0.137. The zero-order valence-electron chi connectivity index (χ0n) is 16.7. The van der Waals surface area contributed by atoms with Crippen molar-refractivity contribution in [2.45, 2.75) is 39.2 Å². The number of likely N-dealkylation sites (tertiary alicyclic amines) is 1. The molecule has 1 N–H and O–H groups in total. The second-order valence-electron chi connectivity index (χ2n) is 7.93. The predicted molar refractivity (Wildman–Crippen MR) is 108 cm³/mol. The maximum Gasteiger partial charge on any atom is 0.343 e. The van der Waals surface area contributed by atoms with Gasteiger partial charge in [0.2, 0.25) is 11.8 Å².